The summed E-state index contributed by atoms with van der Waals surface area (Å²) in [5.41, 5.74) is 2.76. The van der Waals surface area contributed by atoms with Gasteiger partial charge >= 0.3 is 0 Å². The quantitative estimate of drug-likeness (QED) is 0.745. The van der Waals surface area contributed by atoms with Gasteiger partial charge in [-0.2, -0.15) is 0 Å². The number of carbonyl (C=O) groups excluding carboxylic acids is 1. The summed E-state index contributed by atoms with van der Waals surface area (Å²) < 4.78 is 5.64. The fourth-order valence-corrected chi connectivity index (χ4v) is 3.45. The van der Waals surface area contributed by atoms with Crippen LogP contribution in [0.15, 0.2) is 48.5 Å². The number of amides is 1. The van der Waals surface area contributed by atoms with E-state index in [1.54, 1.807) is 31.2 Å². The minimum atomic E-state index is -0.552. The second-order valence-corrected chi connectivity index (χ2v) is 7.02. The first-order valence-corrected chi connectivity index (χ1v) is 9.54. The van der Waals surface area contributed by atoms with Crippen molar-refractivity contribution >= 4 is 23.2 Å². The zero-order valence-electron chi connectivity index (χ0n) is 15.1. The summed E-state index contributed by atoms with van der Waals surface area (Å²) in [5, 5.41) is 3.55. The average molecular weight is 373 g/mol. The van der Waals surface area contributed by atoms with E-state index in [9.17, 15) is 4.79 Å². The first kappa shape index (κ1) is 18.6. The van der Waals surface area contributed by atoms with Gasteiger partial charge < -0.3 is 15.0 Å². The number of fused-ring (bicyclic) bond motifs is 1. The molecule has 1 unspecified atom stereocenters. The molecule has 1 heterocycles. The Hall–Kier alpha value is -2.20. The Morgan fingerprint density at radius 3 is 2.96 bits per heavy atom. The van der Waals surface area contributed by atoms with E-state index in [0.29, 0.717) is 17.3 Å². The molecule has 2 aromatic rings. The number of hydrogen-bond donors (Lipinski definition) is 1. The highest BCUT2D eigenvalue weighted by atomic mass is 35.5. The van der Waals surface area contributed by atoms with Crippen LogP contribution in [0.25, 0.3) is 0 Å². The van der Waals surface area contributed by atoms with Gasteiger partial charge in [-0.1, -0.05) is 35.9 Å². The molecular weight excluding hydrogens is 348 g/mol. The molecule has 0 saturated carbocycles. The fraction of sp³-hybridized carbons (Fsp3) is 0.381. The normalized spacial score (nSPS) is 14.5. The zero-order chi connectivity index (χ0) is 18.4. The smallest absolute Gasteiger partial charge is 0.260 e. The van der Waals surface area contributed by atoms with Crippen molar-refractivity contribution in [2.45, 2.75) is 32.3 Å². The van der Waals surface area contributed by atoms with E-state index in [2.05, 4.69) is 34.5 Å². The lowest BCUT2D eigenvalue weighted by molar-refractivity contribution is -0.127. The Kier molecular flexibility index (Phi) is 6.40. The third-order valence-electron chi connectivity index (χ3n) is 4.59. The summed E-state index contributed by atoms with van der Waals surface area (Å²) >= 11 is 5.93. The molecule has 0 saturated heterocycles. The summed E-state index contributed by atoms with van der Waals surface area (Å²) in [4.78, 5) is 14.6. The number of halogens is 1. The molecule has 0 radical (unpaired) electrons. The van der Waals surface area contributed by atoms with Crippen LogP contribution in [0.1, 0.15) is 25.3 Å². The lowest BCUT2D eigenvalue weighted by Crippen LogP contribution is -2.38. The molecule has 0 aromatic heterocycles. The number of ether oxygens (including phenoxy) is 1. The molecule has 3 rings (SSSR count). The van der Waals surface area contributed by atoms with Crippen molar-refractivity contribution in [1.29, 1.82) is 0 Å². The van der Waals surface area contributed by atoms with Crippen molar-refractivity contribution in [2.75, 3.05) is 24.5 Å². The predicted molar refractivity (Wildman–Crippen MR) is 106 cm³/mol. The third kappa shape index (κ3) is 4.92. The van der Waals surface area contributed by atoms with Crippen LogP contribution in [-0.4, -0.2) is 31.6 Å². The van der Waals surface area contributed by atoms with Gasteiger partial charge in [-0.05, 0) is 56.0 Å². The molecule has 26 heavy (non-hydrogen) atoms. The number of hydrogen-bond acceptors (Lipinski definition) is 3. The molecule has 5 heteroatoms. The third-order valence-corrected chi connectivity index (χ3v) is 4.82. The van der Waals surface area contributed by atoms with Gasteiger partial charge in [0.05, 0.1) is 0 Å². The molecule has 138 valence electrons. The number of rotatable bonds is 7. The summed E-state index contributed by atoms with van der Waals surface area (Å²) in [6.07, 6.45) is 2.70. The minimum absolute atomic E-state index is 0.107. The van der Waals surface area contributed by atoms with E-state index < -0.39 is 6.10 Å². The number of carbonyl (C=O) groups is 1. The lowest BCUT2D eigenvalue weighted by atomic mass is 10.0. The molecule has 0 bridgehead atoms. The first-order valence-electron chi connectivity index (χ1n) is 9.16. The summed E-state index contributed by atoms with van der Waals surface area (Å²) in [7, 11) is 0. The van der Waals surface area contributed by atoms with Gasteiger partial charge in [0, 0.05) is 30.3 Å². The van der Waals surface area contributed by atoms with E-state index in [4.69, 9.17) is 16.3 Å². The lowest BCUT2D eigenvalue weighted by Gasteiger charge is -2.31. The zero-order valence-corrected chi connectivity index (χ0v) is 15.8. The van der Waals surface area contributed by atoms with E-state index in [1.807, 2.05) is 0 Å². The highest BCUT2D eigenvalue weighted by molar-refractivity contribution is 6.30. The van der Waals surface area contributed by atoms with Crippen molar-refractivity contribution in [3.05, 3.63) is 59.1 Å². The number of nitrogens with zero attached hydrogens (tertiary/aromatic N) is 1. The van der Waals surface area contributed by atoms with Gasteiger partial charge in [-0.25, -0.2) is 0 Å². The fourth-order valence-electron chi connectivity index (χ4n) is 3.27. The molecule has 0 spiro atoms. The van der Waals surface area contributed by atoms with Gasteiger partial charge in [0.25, 0.3) is 5.91 Å². The average Bonchev–Trinajstić information content (AvgIpc) is 2.65. The monoisotopic (exact) mass is 372 g/mol. The van der Waals surface area contributed by atoms with Gasteiger partial charge in [0.15, 0.2) is 6.10 Å². The SMILES string of the molecule is CC(Oc1cccc(Cl)c1)C(=O)NCCCN1CCCc2ccccc21. The van der Waals surface area contributed by atoms with Crippen LogP contribution in [0.3, 0.4) is 0 Å². The van der Waals surface area contributed by atoms with Crippen LogP contribution in [0.5, 0.6) is 5.75 Å². The molecule has 1 N–H and O–H groups in total. The molecule has 1 atom stereocenters. The molecule has 1 amide bonds. The number of anilines is 1. The Bertz CT molecular complexity index is 750. The van der Waals surface area contributed by atoms with Crippen molar-refractivity contribution in [1.82, 2.24) is 5.32 Å². The van der Waals surface area contributed by atoms with Gasteiger partial charge in [0.2, 0.25) is 0 Å². The molecule has 1 aliphatic heterocycles. The van der Waals surface area contributed by atoms with Crippen molar-refractivity contribution in [3.8, 4) is 5.75 Å². The summed E-state index contributed by atoms with van der Waals surface area (Å²) in [6.45, 7) is 4.41. The van der Waals surface area contributed by atoms with Crippen molar-refractivity contribution in [2.24, 2.45) is 0 Å². The van der Waals surface area contributed by atoms with Gasteiger partial charge in [0.1, 0.15) is 5.75 Å². The van der Waals surface area contributed by atoms with E-state index in [1.165, 1.54) is 17.7 Å². The second kappa shape index (κ2) is 8.95. The van der Waals surface area contributed by atoms with Crippen LogP contribution in [0.4, 0.5) is 5.69 Å². The van der Waals surface area contributed by atoms with Crippen molar-refractivity contribution < 1.29 is 9.53 Å². The number of para-hydroxylation sites is 1. The van der Waals surface area contributed by atoms with Crippen LogP contribution in [-0.2, 0) is 11.2 Å². The Balaban J connectivity index is 1.41. The maximum absolute atomic E-state index is 12.2. The maximum atomic E-state index is 12.2. The van der Waals surface area contributed by atoms with Crippen molar-refractivity contribution in [3.63, 3.8) is 0 Å². The number of benzene rings is 2. The molecule has 0 fully saturated rings. The Morgan fingerprint density at radius 1 is 1.27 bits per heavy atom. The first-order chi connectivity index (χ1) is 12.6. The van der Waals surface area contributed by atoms with E-state index >= 15 is 0 Å². The van der Waals surface area contributed by atoms with Gasteiger partial charge in [-0.3, -0.25) is 4.79 Å². The second-order valence-electron chi connectivity index (χ2n) is 6.58. The largest absolute Gasteiger partial charge is 0.481 e. The topological polar surface area (TPSA) is 41.6 Å². The molecule has 2 aromatic carbocycles. The Morgan fingerprint density at radius 2 is 2.12 bits per heavy atom. The molecular formula is C21H25ClN2O2. The maximum Gasteiger partial charge on any atom is 0.260 e. The Labute approximate surface area is 160 Å². The highest BCUT2D eigenvalue weighted by Crippen LogP contribution is 2.26. The van der Waals surface area contributed by atoms with Gasteiger partial charge in [-0.15, -0.1) is 0 Å². The van der Waals surface area contributed by atoms with Crippen LogP contribution in [0.2, 0.25) is 5.02 Å². The van der Waals surface area contributed by atoms with Crippen LogP contribution < -0.4 is 15.0 Å². The number of aryl methyl sites for hydroxylation is 1. The van der Waals surface area contributed by atoms with Crippen LogP contribution >= 0.6 is 11.6 Å². The predicted octanol–water partition coefficient (Wildman–Crippen LogP) is 4.07. The summed E-state index contributed by atoms with van der Waals surface area (Å²) in [6, 6.07) is 15.7. The standard InChI is InChI=1S/C21H25ClN2O2/c1-16(26-19-10-4-9-18(22)15-19)21(25)23-12-6-14-24-13-5-8-17-7-2-3-11-20(17)24/h2-4,7,9-11,15-16H,5-6,8,12-14H2,1H3,(H,23,25). The minimum Gasteiger partial charge on any atom is -0.481 e. The highest BCUT2D eigenvalue weighted by Gasteiger charge is 2.17. The van der Waals surface area contributed by atoms with Crippen LogP contribution in [0, 0.1) is 0 Å². The number of nitrogens with one attached hydrogen (secondary N) is 1. The molecule has 0 aliphatic carbocycles. The molecule has 1 aliphatic rings. The van der Waals surface area contributed by atoms with E-state index in [0.717, 1.165) is 25.9 Å². The molecule has 4 nitrogen and oxygen atoms in total. The van der Waals surface area contributed by atoms with E-state index in [-0.39, 0.29) is 5.91 Å². The summed E-state index contributed by atoms with van der Waals surface area (Å²) in [5.74, 6) is 0.495.